The van der Waals surface area contributed by atoms with Crippen molar-refractivity contribution in [3.8, 4) is 0 Å². The largest absolute Gasteiger partial charge is 0.311 e. The normalized spacial score (nSPS) is 11.1. The fourth-order valence-electron chi connectivity index (χ4n) is 1.66. The highest BCUT2D eigenvalue weighted by Gasteiger charge is 2.14. The van der Waals surface area contributed by atoms with Crippen LogP contribution in [-0.2, 0) is 14.8 Å². The standard InChI is InChI=1S/C14H14BrN3O3S/c15-11-4-3-5-12(10-11)22(20,21)17-9-7-14(19)18-13-6-1-2-8-16-13/h1-6,8,10,17H,7,9H2,(H,16,18,19). The van der Waals surface area contributed by atoms with Gasteiger partial charge in [0.2, 0.25) is 15.9 Å². The maximum Gasteiger partial charge on any atom is 0.240 e. The number of hydrogen-bond acceptors (Lipinski definition) is 4. The lowest BCUT2D eigenvalue weighted by molar-refractivity contribution is -0.116. The van der Waals surface area contributed by atoms with Gasteiger partial charge in [-0.25, -0.2) is 18.1 Å². The Hall–Kier alpha value is -1.77. The van der Waals surface area contributed by atoms with Crippen molar-refractivity contribution in [3.05, 3.63) is 53.1 Å². The van der Waals surface area contributed by atoms with Crippen LogP contribution in [0.25, 0.3) is 0 Å². The maximum atomic E-state index is 12.0. The lowest BCUT2D eigenvalue weighted by Gasteiger charge is -2.07. The third kappa shape index (κ3) is 4.90. The van der Waals surface area contributed by atoms with E-state index in [-0.39, 0.29) is 23.8 Å². The van der Waals surface area contributed by atoms with E-state index in [2.05, 4.69) is 31.0 Å². The number of benzene rings is 1. The molecule has 1 aromatic heterocycles. The van der Waals surface area contributed by atoms with Gasteiger partial charge in [-0.2, -0.15) is 0 Å². The van der Waals surface area contributed by atoms with Gasteiger partial charge in [-0.3, -0.25) is 4.79 Å². The molecule has 1 amide bonds. The predicted octanol–water partition coefficient (Wildman–Crippen LogP) is 2.15. The molecule has 22 heavy (non-hydrogen) atoms. The van der Waals surface area contributed by atoms with Crippen molar-refractivity contribution in [1.82, 2.24) is 9.71 Å². The third-order valence-electron chi connectivity index (χ3n) is 2.68. The van der Waals surface area contributed by atoms with Crippen molar-refractivity contribution in [1.29, 1.82) is 0 Å². The molecule has 0 saturated heterocycles. The van der Waals surface area contributed by atoms with E-state index in [4.69, 9.17) is 0 Å². The van der Waals surface area contributed by atoms with Crippen LogP contribution in [0.15, 0.2) is 58.0 Å². The van der Waals surface area contributed by atoms with Gasteiger partial charge in [-0.15, -0.1) is 0 Å². The van der Waals surface area contributed by atoms with Crippen LogP contribution in [0.5, 0.6) is 0 Å². The summed E-state index contributed by atoms with van der Waals surface area (Å²) in [7, 11) is -3.63. The number of nitrogens with zero attached hydrogens (tertiary/aromatic N) is 1. The number of amides is 1. The Bertz CT molecular complexity index is 751. The summed E-state index contributed by atoms with van der Waals surface area (Å²) in [5, 5.41) is 2.58. The molecule has 6 nitrogen and oxygen atoms in total. The number of halogens is 1. The number of rotatable bonds is 6. The first-order valence-electron chi connectivity index (χ1n) is 6.43. The SMILES string of the molecule is O=C(CCNS(=O)(=O)c1cccc(Br)c1)Nc1ccccn1. The summed E-state index contributed by atoms with van der Waals surface area (Å²) < 4.78 is 27.2. The smallest absolute Gasteiger partial charge is 0.240 e. The van der Waals surface area contributed by atoms with Crippen molar-refractivity contribution >= 4 is 37.7 Å². The minimum absolute atomic E-state index is 0.00745. The summed E-state index contributed by atoms with van der Waals surface area (Å²) in [6.07, 6.45) is 1.58. The number of sulfonamides is 1. The molecule has 0 saturated carbocycles. The van der Waals surface area contributed by atoms with E-state index in [0.29, 0.717) is 10.3 Å². The molecule has 0 aliphatic heterocycles. The van der Waals surface area contributed by atoms with Gasteiger partial charge < -0.3 is 5.32 Å². The molecule has 2 aromatic rings. The Morgan fingerprint density at radius 2 is 2.00 bits per heavy atom. The minimum Gasteiger partial charge on any atom is -0.311 e. The van der Waals surface area contributed by atoms with Gasteiger partial charge in [0.25, 0.3) is 0 Å². The van der Waals surface area contributed by atoms with Crippen LogP contribution in [0.1, 0.15) is 6.42 Å². The summed E-state index contributed by atoms with van der Waals surface area (Å²) in [6, 6.07) is 11.5. The lowest BCUT2D eigenvalue weighted by Crippen LogP contribution is -2.28. The summed E-state index contributed by atoms with van der Waals surface area (Å²) in [5.74, 6) is 0.123. The molecule has 0 atom stereocenters. The van der Waals surface area contributed by atoms with Crippen molar-refractivity contribution < 1.29 is 13.2 Å². The van der Waals surface area contributed by atoms with Crippen molar-refractivity contribution in [3.63, 3.8) is 0 Å². The molecule has 0 aliphatic rings. The Morgan fingerprint density at radius 1 is 1.18 bits per heavy atom. The maximum absolute atomic E-state index is 12.0. The fraction of sp³-hybridized carbons (Fsp3) is 0.143. The molecule has 116 valence electrons. The van der Waals surface area contributed by atoms with Gasteiger partial charge in [0.05, 0.1) is 4.90 Å². The second-order valence-corrected chi connectivity index (χ2v) is 7.05. The van der Waals surface area contributed by atoms with E-state index >= 15 is 0 Å². The average molecular weight is 384 g/mol. The third-order valence-corrected chi connectivity index (χ3v) is 4.63. The Balaban J connectivity index is 1.86. The number of anilines is 1. The van der Waals surface area contributed by atoms with Gasteiger partial charge >= 0.3 is 0 Å². The van der Waals surface area contributed by atoms with E-state index in [1.807, 2.05) is 0 Å². The van der Waals surface area contributed by atoms with E-state index in [1.165, 1.54) is 12.1 Å². The Kier molecular flexibility index (Phi) is 5.64. The van der Waals surface area contributed by atoms with E-state index in [9.17, 15) is 13.2 Å². The van der Waals surface area contributed by atoms with Crippen LogP contribution in [0.4, 0.5) is 5.82 Å². The topological polar surface area (TPSA) is 88.2 Å². The van der Waals surface area contributed by atoms with Crippen LogP contribution < -0.4 is 10.0 Å². The molecule has 0 bridgehead atoms. The van der Waals surface area contributed by atoms with Crippen molar-refractivity contribution in [2.75, 3.05) is 11.9 Å². The highest BCUT2D eigenvalue weighted by molar-refractivity contribution is 9.10. The Labute approximate surface area is 137 Å². The molecular weight excluding hydrogens is 370 g/mol. The molecule has 1 aromatic carbocycles. The van der Waals surface area contributed by atoms with Gasteiger partial charge in [0.15, 0.2) is 0 Å². The first kappa shape index (κ1) is 16.6. The number of carbonyl (C=O) groups is 1. The van der Waals surface area contributed by atoms with E-state index < -0.39 is 10.0 Å². The zero-order valence-electron chi connectivity index (χ0n) is 11.5. The number of aromatic nitrogens is 1. The molecule has 0 spiro atoms. The molecule has 0 radical (unpaired) electrons. The minimum atomic E-state index is -3.63. The molecule has 1 heterocycles. The molecule has 2 N–H and O–H groups in total. The molecule has 0 fully saturated rings. The summed E-state index contributed by atoms with van der Waals surface area (Å²) in [5.41, 5.74) is 0. The van der Waals surface area contributed by atoms with Gasteiger partial charge in [-0.05, 0) is 30.3 Å². The Morgan fingerprint density at radius 3 is 2.68 bits per heavy atom. The highest BCUT2D eigenvalue weighted by atomic mass is 79.9. The van der Waals surface area contributed by atoms with Crippen LogP contribution in [-0.4, -0.2) is 25.9 Å². The van der Waals surface area contributed by atoms with E-state index in [1.54, 1.807) is 36.5 Å². The van der Waals surface area contributed by atoms with E-state index in [0.717, 1.165) is 0 Å². The zero-order chi connectivity index (χ0) is 16.0. The zero-order valence-corrected chi connectivity index (χ0v) is 13.9. The predicted molar refractivity (Wildman–Crippen MR) is 86.8 cm³/mol. The fourth-order valence-corrected chi connectivity index (χ4v) is 3.29. The number of pyridine rings is 1. The average Bonchev–Trinajstić information content (AvgIpc) is 2.48. The lowest BCUT2D eigenvalue weighted by atomic mass is 10.4. The molecule has 8 heteroatoms. The second-order valence-electron chi connectivity index (χ2n) is 4.37. The molecule has 2 rings (SSSR count). The molecule has 0 aliphatic carbocycles. The molecular formula is C14H14BrN3O3S. The highest BCUT2D eigenvalue weighted by Crippen LogP contribution is 2.15. The van der Waals surface area contributed by atoms with Crippen LogP contribution in [0, 0.1) is 0 Å². The number of nitrogens with one attached hydrogen (secondary N) is 2. The molecule has 0 unspecified atom stereocenters. The monoisotopic (exact) mass is 383 g/mol. The van der Waals surface area contributed by atoms with Crippen LogP contribution in [0.2, 0.25) is 0 Å². The van der Waals surface area contributed by atoms with Gasteiger partial charge in [0.1, 0.15) is 5.82 Å². The van der Waals surface area contributed by atoms with Crippen LogP contribution in [0.3, 0.4) is 0 Å². The van der Waals surface area contributed by atoms with Gasteiger partial charge in [0, 0.05) is 23.6 Å². The van der Waals surface area contributed by atoms with Crippen molar-refractivity contribution in [2.24, 2.45) is 0 Å². The second kappa shape index (κ2) is 7.48. The first-order chi connectivity index (χ1) is 10.5. The number of hydrogen-bond donors (Lipinski definition) is 2. The summed E-state index contributed by atoms with van der Waals surface area (Å²) >= 11 is 3.22. The quantitative estimate of drug-likeness (QED) is 0.799. The van der Waals surface area contributed by atoms with Crippen LogP contribution >= 0.6 is 15.9 Å². The summed E-state index contributed by atoms with van der Waals surface area (Å²) in [4.78, 5) is 15.8. The van der Waals surface area contributed by atoms with Gasteiger partial charge in [-0.1, -0.05) is 28.1 Å². The first-order valence-corrected chi connectivity index (χ1v) is 8.71. The van der Waals surface area contributed by atoms with Crippen molar-refractivity contribution in [2.45, 2.75) is 11.3 Å². The number of carbonyl (C=O) groups excluding carboxylic acids is 1. The summed E-state index contributed by atoms with van der Waals surface area (Å²) in [6.45, 7) is 0.00745.